The van der Waals surface area contributed by atoms with Gasteiger partial charge >= 0.3 is 6.03 Å². The van der Waals surface area contributed by atoms with Gasteiger partial charge in [-0.25, -0.2) is 4.79 Å². The number of pyridine rings is 1. The SMILES string of the molecule is Cc1ccc(CNC(=O)Nc2ccc(C(C)O)cc2)cn1. The Morgan fingerprint density at radius 1 is 1.24 bits per heavy atom. The molecule has 0 aliphatic rings. The van der Waals surface area contributed by atoms with E-state index in [2.05, 4.69) is 15.6 Å². The molecule has 21 heavy (non-hydrogen) atoms. The number of aromatic nitrogens is 1. The lowest BCUT2D eigenvalue weighted by Crippen LogP contribution is -2.28. The van der Waals surface area contributed by atoms with Gasteiger partial charge in [-0.15, -0.1) is 0 Å². The summed E-state index contributed by atoms with van der Waals surface area (Å²) in [6.45, 7) is 4.04. The fourth-order valence-corrected chi connectivity index (χ4v) is 1.81. The van der Waals surface area contributed by atoms with Crippen molar-refractivity contribution in [2.75, 3.05) is 5.32 Å². The number of aryl methyl sites for hydroxylation is 1. The van der Waals surface area contributed by atoms with Crippen LogP contribution in [0.3, 0.4) is 0 Å². The number of carbonyl (C=O) groups is 1. The second-order valence-corrected chi connectivity index (χ2v) is 4.91. The number of aliphatic hydroxyl groups is 1. The van der Waals surface area contributed by atoms with Crippen LogP contribution in [0.4, 0.5) is 10.5 Å². The Kier molecular flexibility index (Phi) is 4.90. The lowest BCUT2D eigenvalue weighted by Gasteiger charge is -2.09. The van der Waals surface area contributed by atoms with E-state index < -0.39 is 6.10 Å². The van der Waals surface area contributed by atoms with E-state index in [1.807, 2.05) is 19.1 Å². The first-order chi connectivity index (χ1) is 10.0. The minimum atomic E-state index is -0.512. The Hall–Kier alpha value is -2.40. The van der Waals surface area contributed by atoms with Gasteiger partial charge in [-0.2, -0.15) is 0 Å². The number of anilines is 1. The molecule has 5 heteroatoms. The van der Waals surface area contributed by atoms with Crippen molar-refractivity contribution in [1.82, 2.24) is 10.3 Å². The van der Waals surface area contributed by atoms with Crippen LogP contribution in [0.25, 0.3) is 0 Å². The molecule has 1 heterocycles. The summed E-state index contributed by atoms with van der Waals surface area (Å²) in [6, 6.07) is 10.6. The Morgan fingerprint density at radius 2 is 1.95 bits per heavy atom. The fraction of sp³-hybridized carbons (Fsp3) is 0.250. The normalized spacial score (nSPS) is 11.8. The summed E-state index contributed by atoms with van der Waals surface area (Å²) in [7, 11) is 0. The highest BCUT2D eigenvalue weighted by atomic mass is 16.3. The monoisotopic (exact) mass is 285 g/mol. The lowest BCUT2D eigenvalue weighted by atomic mass is 10.1. The first kappa shape index (κ1) is 15.0. The zero-order valence-corrected chi connectivity index (χ0v) is 12.1. The first-order valence-corrected chi connectivity index (χ1v) is 6.79. The fourth-order valence-electron chi connectivity index (χ4n) is 1.81. The van der Waals surface area contributed by atoms with Crippen molar-refractivity contribution in [2.24, 2.45) is 0 Å². The van der Waals surface area contributed by atoms with Crippen LogP contribution in [0.2, 0.25) is 0 Å². The highest BCUT2D eigenvalue weighted by Gasteiger charge is 2.04. The van der Waals surface area contributed by atoms with E-state index in [1.165, 1.54) is 0 Å². The van der Waals surface area contributed by atoms with Gasteiger partial charge in [0.05, 0.1) is 6.10 Å². The molecule has 2 rings (SSSR count). The molecule has 1 unspecified atom stereocenters. The average molecular weight is 285 g/mol. The molecule has 0 radical (unpaired) electrons. The van der Waals surface area contributed by atoms with E-state index >= 15 is 0 Å². The molecule has 2 aromatic rings. The molecule has 110 valence electrons. The summed E-state index contributed by atoms with van der Waals surface area (Å²) in [4.78, 5) is 16.0. The predicted octanol–water partition coefficient (Wildman–Crippen LogP) is 2.77. The number of benzene rings is 1. The average Bonchev–Trinajstić information content (AvgIpc) is 2.47. The zero-order chi connectivity index (χ0) is 15.2. The van der Waals surface area contributed by atoms with Gasteiger partial charge < -0.3 is 15.7 Å². The number of hydrogen-bond donors (Lipinski definition) is 3. The minimum absolute atomic E-state index is 0.277. The molecule has 0 aliphatic heterocycles. The van der Waals surface area contributed by atoms with E-state index in [-0.39, 0.29) is 6.03 Å². The third kappa shape index (κ3) is 4.57. The molecule has 0 saturated carbocycles. The molecule has 0 bridgehead atoms. The van der Waals surface area contributed by atoms with Gasteiger partial charge in [-0.1, -0.05) is 18.2 Å². The van der Waals surface area contributed by atoms with Crippen LogP contribution in [0.5, 0.6) is 0 Å². The maximum absolute atomic E-state index is 11.8. The number of nitrogens with zero attached hydrogens (tertiary/aromatic N) is 1. The van der Waals surface area contributed by atoms with Crippen LogP contribution in [-0.4, -0.2) is 16.1 Å². The van der Waals surface area contributed by atoms with Crippen molar-refractivity contribution in [1.29, 1.82) is 0 Å². The van der Waals surface area contributed by atoms with Gasteiger partial charge in [0.1, 0.15) is 0 Å². The summed E-state index contributed by atoms with van der Waals surface area (Å²) in [5.41, 5.74) is 3.38. The van der Waals surface area contributed by atoms with Crippen molar-refractivity contribution in [3.8, 4) is 0 Å². The molecule has 1 atom stereocenters. The van der Waals surface area contributed by atoms with Crippen LogP contribution >= 0.6 is 0 Å². The van der Waals surface area contributed by atoms with Crippen molar-refractivity contribution >= 4 is 11.7 Å². The number of nitrogens with one attached hydrogen (secondary N) is 2. The van der Waals surface area contributed by atoms with Gasteiger partial charge in [0.15, 0.2) is 0 Å². The van der Waals surface area contributed by atoms with Gasteiger partial charge in [-0.05, 0) is 43.2 Å². The standard InChI is InChI=1S/C16H19N3O2/c1-11-3-4-13(9-17-11)10-18-16(21)19-15-7-5-14(6-8-15)12(2)20/h3-9,12,20H,10H2,1-2H3,(H2,18,19,21). The van der Waals surface area contributed by atoms with Crippen LogP contribution in [0.1, 0.15) is 29.8 Å². The maximum atomic E-state index is 11.8. The summed E-state index contributed by atoms with van der Waals surface area (Å²) >= 11 is 0. The minimum Gasteiger partial charge on any atom is -0.389 e. The maximum Gasteiger partial charge on any atom is 0.319 e. The highest BCUT2D eigenvalue weighted by Crippen LogP contribution is 2.15. The predicted molar refractivity (Wildman–Crippen MR) is 81.9 cm³/mol. The van der Waals surface area contributed by atoms with Crippen molar-refractivity contribution in [2.45, 2.75) is 26.5 Å². The van der Waals surface area contributed by atoms with Gasteiger partial charge in [-0.3, -0.25) is 4.98 Å². The van der Waals surface area contributed by atoms with Crippen LogP contribution in [-0.2, 0) is 6.54 Å². The van der Waals surface area contributed by atoms with Crippen LogP contribution in [0, 0.1) is 6.92 Å². The molecule has 0 spiro atoms. The molecule has 1 aromatic heterocycles. The Labute approximate surface area is 124 Å². The van der Waals surface area contributed by atoms with E-state index in [0.717, 1.165) is 16.8 Å². The summed E-state index contributed by atoms with van der Waals surface area (Å²) in [5, 5.41) is 14.9. The quantitative estimate of drug-likeness (QED) is 0.808. The molecule has 0 saturated heterocycles. The smallest absolute Gasteiger partial charge is 0.319 e. The largest absolute Gasteiger partial charge is 0.389 e. The van der Waals surface area contributed by atoms with Crippen molar-refractivity contribution in [3.05, 3.63) is 59.4 Å². The van der Waals surface area contributed by atoms with Gasteiger partial charge in [0.25, 0.3) is 0 Å². The summed E-state index contributed by atoms with van der Waals surface area (Å²) in [5.74, 6) is 0. The number of rotatable bonds is 4. The Morgan fingerprint density at radius 3 is 2.52 bits per heavy atom. The summed E-state index contributed by atoms with van der Waals surface area (Å²) in [6.07, 6.45) is 1.23. The molecule has 5 nitrogen and oxygen atoms in total. The zero-order valence-electron chi connectivity index (χ0n) is 12.1. The third-order valence-corrected chi connectivity index (χ3v) is 3.08. The first-order valence-electron chi connectivity index (χ1n) is 6.79. The van der Waals surface area contributed by atoms with E-state index in [9.17, 15) is 9.90 Å². The summed E-state index contributed by atoms with van der Waals surface area (Å²) < 4.78 is 0. The topological polar surface area (TPSA) is 74.2 Å². The molecule has 3 N–H and O–H groups in total. The number of hydrogen-bond acceptors (Lipinski definition) is 3. The van der Waals surface area contributed by atoms with Crippen LogP contribution < -0.4 is 10.6 Å². The molecule has 2 amide bonds. The van der Waals surface area contributed by atoms with E-state index in [1.54, 1.807) is 37.4 Å². The second-order valence-electron chi connectivity index (χ2n) is 4.91. The molecule has 0 aliphatic carbocycles. The van der Waals surface area contributed by atoms with E-state index in [0.29, 0.717) is 12.2 Å². The van der Waals surface area contributed by atoms with E-state index in [4.69, 9.17) is 0 Å². The Bertz CT molecular complexity index is 592. The molecule has 0 fully saturated rings. The van der Waals surface area contributed by atoms with Crippen molar-refractivity contribution < 1.29 is 9.90 Å². The van der Waals surface area contributed by atoms with Gasteiger partial charge in [0, 0.05) is 24.1 Å². The van der Waals surface area contributed by atoms with Crippen molar-refractivity contribution in [3.63, 3.8) is 0 Å². The highest BCUT2D eigenvalue weighted by molar-refractivity contribution is 5.89. The molecular weight excluding hydrogens is 266 g/mol. The second kappa shape index (κ2) is 6.85. The molecular formula is C16H19N3O2. The number of carbonyl (C=O) groups excluding carboxylic acids is 1. The Balaban J connectivity index is 1.85. The number of urea groups is 1. The molecule has 1 aromatic carbocycles. The van der Waals surface area contributed by atoms with Gasteiger partial charge in [0.2, 0.25) is 0 Å². The number of aliphatic hydroxyl groups excluding tert-OH is 1. The lowest BCUT2D eigenvalue weighted by molar-refractivity contribution is 0.199. The number of amides is 2. The third-order valence-electron chi connectivity index (χ3n) is 3.08. The van der Waals surface area contributed by atoms with Crippen LogP contribution in [0.15, 0.2) is 42.6 Å².